The number of aliphatic hydroxyl groups is 1. The third kappa shape index (κ3) is 7.60. The van der Waals surface area contributed by atoms with Crippen LogP contribution in [-0.2, 0) is 17.0 Å². The van der Waals surface area contributed by atoms with Gasteiger partial charge in [-0.05, 0) is 47.2 Å². The van der Waals surface area contributed by atoms with Gasteiger partial charge in [0.15, 0.2) is 8.32 Å². The van der Waals surface area contributed by atoms with Crippen LogP contribution in [0.1, 0.15) is 59.1 Å². The number of alkyl halides is 3. The molecule has 0 saturated carbocycles. The van der Waals surface area contributed by atoms with Gasteiger partial charge in [0.05, 0.1) is 12.2 Å². The lowest BCUT2D eigenvalue weighted by Gasteiger charge is -2.42. The van der Waals surface area contributed by atoms with Gasteiger partial charge >= 0.3 is 6.18 Å². The minimum absolute atomic E-state index is 0.0124. The first-order valence-electron chi connectivity index (χ1n) is 12.2. The molecule has 1 aromatic heterocycles. The normalized spacial score (nSPS) is 12.6. The van der Waals surface area contributed by atoms with Crippen molar-refractivity contribution in [3.63, 3.8) is 0 Å². The molecule has 1 heterocycles. The fourth-order valence-corrected chi connectivity index (χ4v) is 10.5. The van der Waals surface area contributed by atoms with Gasteiger partial charge in [-0.3, -0.25) is 0 Å². The number of ether oxygens (including phenoxy) is 2. The van der Waals surface area contributed by atoms with Crippen molar-refractivity contribution in [1.29, 1.82) is 0 Å². The number of benzene rings is 1. The smallest absolute Gasteiger partial charge is 0.417 e. The third-order valence-corrected chi connectivity index (χ3v) is 12.8. The number of rotatable bonds is 13. The average molecular weight is 548 g/mol. The van der Waals surface area contributed by atoms with Crippen molar-refractivity contribution >= 4 is 19.9 Å². The van der Waals surface area contributed by atoms with Crippen molar-refractivity contribution in [3.8, 4) is 17.4 Å². The van der Waals surface area contributed by atoms with E-state index in [0.717, 1.165) is 11.6 Å². The number of aromatic nitrogens is 1. The maximum atomic E-state index is 12.9. The van der Waals surface area contributed by atoms with E-state index in [4.69, 9.17) is 25.5 Å². The van der Waals surface area contributed by atoms with Gasteiger partial charge in [-0.15, -0.1) is 0 Å². The van der Waals surface area contributed by atoms with E-state index in [1.54, 1.807) is 18.2 Å². The Morgan fingerprint density at radius 2 is 1.64 bits per heavy atom. The summed E-state index contributed by atoms with van der Waals surface area (Å²) in [7, 11) is -2.01. The SMILES string of the molecule is CC(C)[Si](OCCOc1ccc(CCCO)c(Oc2ncc(C(F)(F)F)cc2Cl)c1)(C(C)C)C(C)C. The van der Waals surface area contributed by atoms with E-state index >= 15 is 0 Å². The minimum Gasteiger partial charge on any atom is -0.491 e. The first-order chi connectivity index (χ1) is 16.8. The molecule has 36 heavy (non-hydrogen) atoms. The van der Waals surface area contributed by atoms with Gasteiger partial charge in [0, 0.05) is 18.9 Å². The first-order valence-corrected chi connectivity index (χ1v) is 14.8. The van der Waals surface area contributed by atoms with Gasteiger partial charge < -0.3 is 19.0 Å². The van der Waals surface area contributed by atoms with E-state index in [2.05, 4.69) is 46.5 Å². The molecule has 1 aromatic carbocycles. The third-order valence-electron chi connectivity index (χ3n) is 6.40. The summed E-state index contributed by atoms with van der Waals surface area (Å²) in [6.07, 6.45) is -2.89. The van der Waals surface area contributed by atoms with Crippen LogP contribution in [0.3, 0.4) is 0 Å². The molecule has 0 spiro atoms. The van der Waals surface area contributed by atoms with Gasteiger partial charge in [-0.1, -0.05) is 59.2 Å². The van der Waals surface area contributed by atoms with E-state index < -0.39 is 20.1 Å². The molecule has 0 saturated heterocycles. The standard InChI is InChI=1S/C26H37ClF3NO4Si/c1-17(2)36(18(3)4,19(5)6)34-13-12-33-22-10-9-20(8-7-11-32)24(15-22)35-25-23(27)14-21(16-31-25)26(28,29)30/h9-10,14-19,32H,7-8,11-13H2,1-6H3. The average Bonchev–Trinajstić information content (AvgIpc) is 2.78. The molecule has 0 aliphatic heterocycles. The number of hydrogen-bond donors (Lipinski definition) is 1. The second-order valence-electron chi connectivity index (χ2n) is 9.72. The topological polar surface area (TPSA) is 60.8 Å². The molecule has 2 aromatic rings. The zero-order valence-corrected chi connectivity index (χ0v) is 23.5. The van der Waals surface area contributed by atoms with Crippen LogP contribution in [0.4, 0.5) is 13.2 Å². The van der Waals surface area contributed by atoms with Crippen molar-refractivity contribution in [2.24, 2.45) is 0 Å². The Kier molecular flexibility index (Phi) is 11.1. The van der Waals surface area contributed by atoms with E-state index in [0.29, 0.717) is 60.4 Å². The van der Waals surface area contributed by atoms with Crippen LogP contribution in [0.5, 0.6) is 17.4 Å². The van der Waals surface area contributed by atoms with Gasteiger partial charge in [-0.2, -0.15) is 13.2 Å². The van der Waals surface area contributed by atoms with Crippen LogP contribution >= 0.6 is 11.6 Å². The molecule has 0 unspecified atom stereocenters. The lowest BCUT2D eigenvalue weighted by Crippen LogP contribution is -2.48. The van der Waals surface area contributed by atoms with Crippen LogP contribution < -0.4 is 9.47 Å². The minimum atomic E-state index is -4.56. The molecule has 0 bridgehead atoms. The summed E-state index contributed by atoms with van der Waals surface area (Å²) >= 11 is 6.03. The zero-order chi connectivity index (χ0) is 27.1. The quantitative estimate of drug-likeness (QED) is 0.203. The number of hydrogen-bond acceptors (Lipinski definition) is 5. The summed E-state index contributed by atoms with van der Waals surface area (Å²) in [5.41, 5.74) is 1.18. The number of aliphatic hydroxyl groups excluding tert-OH is 1. The maximum absolute atomic E-state index is 12.9. The fourth-order valence-electron chi connectivity index (χ4n) is 4.83. The Morgan fingerprint density at radius 3 is 2.17 bits per heavy atom. The van der Waals surface area contributed by atoms with E-state index in [1.165, 1.54) is 0 Å². The summed E-state index contributed by atoms with van der Waals surface area (Å²) in [6.45, 7) is 14.1. The molecular formula is C26H37ClF3NO4Si. The molecular weight excluding hydrogens is 511 g/mol. The Labute approximate surface area is 218 Å². The highest BCUT2D eigenvalue weighted by molar-refractivity contribution is 6.77. The predicted molar refractivity (Wildman–Crippen MR) is 139 cm³/mol. The van der Waals surface area contributed by atoms with Crippen molar-refractivity contribution < 1.29 is 32.2 Å². The van der Waals surface area contributed by atoms with Crippen molar-refractivity contribution in [1.82, 2.24) is 4.98 Å². The molecule has 0 aliphatic rings. The number of halogens is 4. The van der Waals surface area contributed by atoms with Crippen LogP contribution in [0.15, 0.2) is 30.5 Å². The summed E-state index contributed by atoms with van der Waals surface area (Å²) in [5.74, 6) is 0.735. The van der Waals surface area contributed by atoms with Gasteiger partial charge in [-0.25, -0.2) is 4.98 Å². The lowest BCUT2D eigenvalue weighted by atomic mass is 10.1. The van der Waals surface area contributed by atoms with E-state index in [9.17, 15) is 18.3 Å². The second kappa shape index (κ2) is 13.1. The van der Waals surface area contributed by atoms with Crippen LogP contribution in [0.2, 0.25) is 21.6 Å². The molecule has 0 fully saturated rings. The molecule has 202 valence electrons. The molecule has 5 nitrogen and oxygen atoms in total. The van der Waals surface area contributed by atoms with E-state index in [1.807, 2.05) is 0 Å². The summed E-state index contributed by atoms with van der Waals surface area (Å²) in [4.78, 5) is 3.76. The highest BCUT2D eigenvalue weighted by atomic mass is 35.5. The highest BCUT2D eigenvalue weighted by Gasteiger charge is 2.44. The molecule has 0 amide bonds. The molecule has 10 heteroatoms. The zero-order valence-electron chi connectivity index (χ0n) is 21.8. The maximum Gasteiger partial charge on any atom is 0.417 e. The first kappa shape index (κ1) is 30.4. The van der Waals surface area contributed by atoms with Crippen molar-refractivity contribution in [2.75, 3.05) is 19.8 Å². The summed E-state index contributed by atoms with van der Waals surface area (Å²) in [6, 6.07) is 6.03. The van der Waals surface area contributed by atoms with Gasteiger partial charge in [0.1, 0.15) is 23.1 Å². The molecule has 0 atom stereocenters. The molecule has 1 N–H and O–H groups in total. The monoisotopic (exact) mass is 547 g/mol. The van der Waals surface area contributed by atoms with Crippen molar-refractivity contribution in [3.05, 3.63) is 46.6 Å². The summed E-state index contributed by atoms with van der Waals surface area (Å²) < 4.78 is 57.1. The Balaban J connectivity index is 2.18. The van der Waals surface area contributed by atoms with E-state index in [-0.39, 0.29) is 17.5 Å². The Hall–Kier alpha value is -1.81. The van der Waals surface area contributed by atoms with Crippen LogP contribution in [0, 0.1) is 0 Å². The van der Waals surface area contributed by atoms with Crippen molar-refractivity contribution in [2.45, 2.75) is 77.2 Å². The number of nitrogens with zero attached hydrogens (tertiary/aromatic N) is 1. The highest BCUT2D eigenvalue weighted by Crippen LogP contribution is 2.42. The Bertz CT molecular complexity index is 964. The largest absolute Gasteiger partial charge is 0.491 e. The second-order valence-corrected chi connectivity index (χ2v) is 15.6. The lowest BCUT2D eigenvalue weighted by molar-refractivity contribution is -0.137. The molecule has 0 aliphatic carbocycles. The van der Waals surface area contributed by atoms with Crippen LogP contribution in [-0.4, -0.2) is 38.2 Å². The summed E-state index contributed by atoms with van der Waals surface area (Å²) in [5, 5.41) is 8.97. The Morgan fingerprint density at radius 1 is 1.00 bits per heavy atom. The van der Waals surface area contributed by atoms with Gasteiger partial charge in [0.25, 0.3) is 0 Å². The molecule has 2 rings (SSSR count). The molecule has 0 radical (unpaired) electrons. The number of pyridine rings is 1. The van der Waals surface area contributed by atoms with Crippen LogP contribution in [0.25, 0.3) is 0 Å². The predicted octanol–water partition coefficient (Wildman–Crippen LogP) is 8.04. The number of aryl methyl sites for hydroxylation is 1. The van der Waals surface area contributed by atoms with Gasteiger partial charge in [0.2, 0.25) is 5.88 Å². The fraction of sp³-hybridized carbons (Fsp3) is 0.577.